The Bertz CT molecular complexity index is 1870. The molecule has 0 spiro atoms. The Labute approximate surface area is 236 Å². The molecule has 0 aliphatic rings. The SMILES string of the molecule is C=C(c1cccc(OCCOc2c(-c3ccc(OC)c(OC)c3)oc3ccc(F)cc3c2=O)c1)c1sc(=O)[nH]c1O. The number of fused-ring (bicyclic) bond motifs is 1. The summed E-state index contributed by atoms with van der Waals surface area (Å²) >= 11 is 0.851. The lowest BCUT2D eigenvalue weighted by Gasteiger charge is -2.14. The third-order valence-electron chi connectivity index (χ3n) is 6.14. The number of hydrogen-bond donors (Lipinski definition) is 2. The molecule has 5 aromatic rings. The van der Waals surface area contributed by atoms with Crippen LogP contribution in [-0.2, 0) is 0 Å². The molecule has 0 bridgehead atoms. The van der Waals surface area contributed by atoms with Gasteiger partial charge >= 0.3 is 4.87 Å². The highest BCUT2D eigenvalue weighted by Gasteiger charge is 2.20. The normalized spacial score (nSPS) is 10.9. The van der Waals surface area contributed by atoms with Crippen molar-refractivity contribution in [1.29, 1.82) is 0 Å². The van der Waals surface area contributed by atoms with Gasteiger partial charge in [0, 0.05) is 5.56 Å². The summed E-state index contributed by atoms with van der Waals surface area (Å²) in [5.41, 5.74) is 1.23. The van der Waals surface area contributed by atoms with Gasteiger partial charge in [0.25, 0.3) is 0 Å². The Hall–Kier alpha value is -5.03. The van der Waals surface area contributed by atoms with E-state index in [-0.39, 0.29) is 41.6 Å². The van der Waals surface area contributed by atoms with Crippen LogP contribution in [0.25, 0.3) is 27.9 Å². The minimum Gasteiger partial charge on any atom is -0.493 e. The number of ether oxygens (including phenoxy) is 4. The molecule has 3 aromatic carbocycles. The average molecular weight is 578 g/mol. The Kier molecular flexibility index (Phi) is 7.79. The van der Waals surface area contributed by atoms with E-state index in [1.54, 1.807) is 42.5 Å². The maximum atomic E-state index is 14.0. The zero-order valence-electron chi connectivity index (χ0n) is 22.0. The zero-order valence-corrected chi connectivity index (χ0v) is 22.8. The fourth-order valence-electron chi connectivity index (χ4n) is 4.18. The van der Waals surface area contributed by atoms with E-state index in [1.807, 2.05) is 0 Å². The highest BCUT2D eigenvalue weighted by atomic mass is 32.1. The molecule has 0 saturated heterocycles. The number of methoxy groups -OCH3 is 2. The van der Waals surface area contributed by atoms with Crippen LogP contribution in [0.5, 0.6) is 28.9 Å². The third kappa shape index (κ3) is 5.66. The van der Waals surface area contributed by atoms with Gasteiger partial charge in [0.2, 0.25) is 17.1 Å². The molecular formula is C30H24FNO8S. The summed E-state index contributed by atoms with van der Waals surface area (Å²) < 4.78 is 42.4. The number of aromatic nitrogens is 1. The van der Waals surface area contributed by atoms with Gasteiger partial charge in [-0.2, -0.15) is 0 Å². The first-order chi connectivity index (χ1) is 19.8. The van der Waals surface area contributed by atoms with Crippen molar-refractivity contribution in [3.8, 4) is 40.2 Å². The number of rotatable bonds is 10. The smallest absolute Gasteiger partial charge is 0.307 e. The van der Waals surface area contributed by atoms with Gasteiger partial charge in [-0.25, -0.2) is 4.39 Å². The quantitative estimate of drug-likeness (QED) is 0.206. The lowest BCUT2D eigenvalue weighted by Crippen LogP contribution is -2.15. The fourth-order valence-corrected chi connectivity index (χ4v) is 4.90. The number of benzene rings is 3. The summed E-state index contributed by atoms with van der Waals surface area (Å²) in [5.74, 6) is 0.578. The highest BCUT2D eigenvalue weighted by molar-refractivity contribution is 7.10. The van der Waals surface area contributed by atoms with Crippen LogP contribution in [0.2, 0.25) is 0 Å². The van der Waals surface area contributed by atoms with E-state index in [2.05, 4.69) is 11.6 Å². The third-order valence-corrected chi connectivity index (χ3v) is 7.07. The number of nitrogens with one attached hydrogen (secondary N) is 1. The molecular weight excluding hydrogens is 553 g/mol. The van der Waals surface area contributed by atoms with Gasteiger partial charge < -0.3 is 28.5 Å². The van der Waals surface area contributed by atoms with E-state index in [0.717, 1.165) is 17.4 Å². The summed E-state index contributed by atoms with van der Waals surface area (Å²) in [6, 6.07) is 15.6. The topological polar surface area (TPSA) is 120 Å². The molecule has 0 amide bonds. The van der Waals surface area contributed by atoms with Crippen LogP contribution in [0.3, 0.4) is 0 Å². The van der Waals surface area contributed by atoms with E-state index in [4.69, 9.17) is 23.4 Å². The number of aromatic hydroxyl groups is 1. The molecule has 0 radical (unpaired) electrons. The lowest BCUT2D eigenvalue weighted by atomic mass is 10.1. The lowest BCUT2D eigenvalue weighted by molar-refractivity contribution is 0.214. The van der Waals surface area contributed by atoms with Crippen LogP contribution < -0.4 is 29.2 Å². The number of H-pyrrole nitrogens is 1. The molecule has 0 atom stereocenters. The van der Waals surface area contributed by atoms with Crippen molar-refractivity contribution in [1.82, 2.24) is 4.98 Å². The van der Waals surface area contributed by atoms with Crippen molar-refractivity contribution < 1.29 is 32.9 Å². The standard InChI is InChI=1S/C30H24FNO8S/c1-16(28-29(34)32-30(35)41-28)17-5-4-6-20(13-17)38-11-12-39-27-25(33)21-15-19(31)8-10-22(21)40-26(27)18-7-9-23(36-2)24(14-18)37-3/h4-10,13-15,34H,1,11-12H2,2-3H3,(H,32,35). The maximum Gasteiger partial charge on any atom is 0.307 e. The van der Waals surface area contributed by atoms with Crippen molar-refractivity contribution in [3.63, 3.8) is 0 Å². The zero-order chi connectivity index (χ0) is 29.1. The van der Waals surface area contributed by atoms with Gasteiger partial charge in [-0.3, -0.25) is 14.6 Å². The summed E-state index contributed by atoms with van der Waals surface area (Å²) in [6.07, 6.45) is 0. The van der Waals surface area contributed by atoms with E-state index < -0.39 is 16.1 Å². The number of halogens is 1. The Morgan fingerprint density at radius 1 is 1.00 bits per heavy atom. The number of thiazole rings is 1. The number of aromatic amines is 1. The van der Waals surface area contributed by atoms with Crippen LogP contribution in [0.4, 0.5) is 4.39 Å². The van der Waals surface area contributed by atoms with Crippen LogP contribution in [0, 0.1) is 5.82 Å². The van der Waals surface area contributed by atoms with Crippen LogP contribution >= 0.6 is 11.3 Å². The molecule has 2 heterocycles. The molecule has 0 saturated carbocycles. The molecule has 0 fully saturated rings. The van der Waals surface area contributed by atoms with Gasteiger partial charge in [0.05, 0.1) is 24.5 Å². The molecule has 0 unspecified atom stereocenters. The first-order valence-electron chi connectivity index (χ1n) is 12.2. The average Bonchev–Trinajstić information content (AvgIpc) is 3.33. The first kappa shape index (κ1) is 27.5. The second-order valence-electron chi connectivity index (χ2n) is 8.70. The molecule has 2 N–H and O–H groups in total. The molecule has 0 aliphatic heterocycles. The van der Waals surface area contributed by atoms with E-state index in [9.17, 15) is 19.1 Å². The summed E-state index contributed by atoms with van der Waals surface area (Å²) in [7, 11) is 3.00. The van der Waals surface area contributed by atoms with Crippen molar-refractivity contribution in [2.45, 2.75) is 0 Å². The predicted molar refractivity (Wildman–Crippen MR) is 153 cm³/mol. The van der Waals surface area contributed by atoms with Crippen LogP contribution in [0.15, 0.2) is 81.2 Å². The molecule has 2 aromatic heterocycles. The molecule has 11 heteroatoms. The van der Waals surface area contributed by atoms with Crippen molar-refractivity contribution in [2.24, 2.45) is 0 Å². The summed E-state index contributed by atoms with van der Waals surface area (Å²) in [4.78, 5) is 27.2. The van der Waals surface area contributed by atoms with Crippen LogP contribution in [0.1, 0.15) is 10.4 Å². The molecule has 210 valence electrons. The molecule has 9 nitrogen and oxygen atoms in total. The molecule has 41 heavy (non-hydrogen) atoms. The highest BCUT2D eigenvalue weighted by Crippen LogP contribution is 2.37. The van der Waals surface area contributed by atoms with Gasteiger partial charge in [-0.05, 0) is 59.7 Å². The molecule has 5 rings (SSSR count). The first-order valence-corrected chi connectivity index (χ1v) is 13.1. The van der Waals surface area contributed by atoms with Gasteiger partial charge in [0.1, 0.15) is 30.4 Å². The molecule has 0 aliphatic carbocycles. The number of hydrogen-bond acceptors (Lipinski definition) is 9. The Morgan fingerprint density at radius 3 is 2.51 bits per heavy atom. The van der Waals surface area contributed by atoms with E-state index in [0.29, 0.717) is 38.8 Å². The van der Waals surface area contributed by atoms with Gasteiger partial charge in [-0.15, -0.1) is 0 Å². The Balaban J connectivity index is 1.39. The minimum absolute atomic E-state index is 0.0340. The maximum absolute atomic E-state index is 14.0. The minimum atomic E-state index is -0.584. The van der Waals surface area contributed by atoms with Gasteiger partial charge in [-0.1, -0.05) is 30.0 Å². The van der Waals surface area contributed by atoms with Crippen molar-refractivity contribution in [2.75, 3.05) is 27.4 Å². The van der Waals surface area contributed by atoms with Crippen LogP contribution in [-0.4, -0.2) is 37.5 Å². The van der Waals surface area contributed by atoms with Crippen molar-refractivity contribution in [3.05, 3.63) is 103 Å². The second kappa shape index (κ2) is 11.6. The predicted octanol–water partition coefficient (Wildman–Crippen LogP) is 5.59. The van der Waals surface area contributed by atoms with E-state index in [1.165, 1.54) is 26.4 Å². The van der Waals surface area contributed by atoms with Crippen molar-refractivity contribution >= 4 is 27.9 Å². The van der Waals surface area contributed by atoms with E-state index >= 15 is 0 Å². The summed E-state index contributed by atoms with van der Waals surface area (Å²) in [6.45, 7) is 3.97. The van der Waals surface area contributed by atoms with Gasteiger partial charge in [0.15, 0.2) is 17.3 Å². The fraction of sp³-hybridized carbons (Fsp3) is 0.133. The summed E-state index contributed by atoms with van der Waals surface area (Å²) in [5, 5.41) is 9.99. The largest absolute Gasteiger partial charge is 0.493 e. The monoisotopic (exact) mass is 577 g/mol. The second-order valence-corrected chi connectivity index (χ2v) is 9.68. The Morgan fingerprint density at radius 2 is 1.78 bits per heavy atom.